The van der Waals surface area contributed by atoms with Gasteiger partial charge in [0.2, 0.25) is 5.91 Å². The molecule has 0 aromatic heterocycles. The van der Waals surface area contributed by atoms with Crippen LogP contribution >= 0.6 is 11.6 Å². The number of aryl methyl sites for hydroxylation is 1. The van der Waals surface area contributed by atoms with Gasteiger partial charge < -0.3 is 19.5 Å². The molecule has 1 atom stereocenters. The molecule has 0 spiro atoms. The lowest BCUT2D eigenvalue weighted by atomic mass is 9.95. The zero-order valence-electron chi connectivity index (χ0n) is 13.7. The third-order valence-electron chi connectivity index (χ3n) is 4.17. The number of hydrogen-bond donors (Lipinski definition) is 1. The summed E-state index contributed by atoms with van der Waals surface area (Å²) in [7, 11) is 1.61. The highest BCUT2D eigenvalue weighted by atomic mass is 35.5. The van der Waals surface area contributed by atoms with E-state index in [2.05, 4.69) is 0 Å². The Morgan fingerprint density at radius 3 is 2.91 bits per heavy atom. The smallest absolute Gasteiger partial charge is 0.237 e. The molecule has 0 aliphatic carbocycles. The van der Waals surface area contributed by atoms with Crippen molar-refractivity contribution in [1.82, 2.24) is 4.90 Å². The molecule has 5 nitrogen and oxygen atoms in total. The molecule has 6 heteroatoms. The van der Waals surface area contributed by atoms with Gasteiger partial charge >= 0.3 is 0 Å². The number of alkyl halides is 1. The zero-order valence-corrected chi connectivity index (χ0v) is 14.4. The van der Waals surface area contributed by atoms with Gasteiger partial charge in [-0.2, -0.15) is 0 Å². The Balaban J connectivity index is 2.17. The molecule has 1 aliphatic heterocycles. The van der Waals surface area contributed by atoms with E-state index >= 15 is 0 Å². The van der Waals surface area contributed by atoms with Crippen LogP contribution in [0.25, 0.3) is 0 Å². The minimum absolute atomic E-state index is 0.111. The van der Waals surface area contributed by atoms with E-state index in [0.29, 0.717) is 19.6 Å². The Labute approximate surface area is 142 Å². The molecule has 1 amide bonds. The molecule has 0 radical (unpaired) electrons. The minimum atomic E-state index is -1.01. The molecule has 1 saturated heterocycles. The highest BCUT2D eigenvalue weighted by Gasteiger charge is 2.33. The molecule has 1 unspecified atom stereocenters. The van der Waals surface area contributed by atoms with Gasteiger partial charge in [-0.15, -0.1) is 11.6 Å². The van der Waals surface area contributed by atoms with Crippen molar-refractivity contribution >= 4 is 17.5 Å². The van der Waals surface area contributed by atoms with Crippen LogP contribution in [0.4, 0.5) is 0 Å². The number of nitrogens with zero attached hydrogens (tertiary/aromatic N) is 1. The number of carbonyl (C=O) groups is 1. The minimum Gasteiger partial charge on any atom is -0.497 e. The van der Waals surface area contributed by atoms with Crippen LogP contribution in [0.5, 0.6) is 5.75 Å². The predicted molar refractivity (Wildman–Crippen MR) is 88.9 cm³/mol. The van der Waals surface area contributed by atoms with Gasteiger partial charge in [0.15, 0.2) is 0 Å². The standard InChI is InChI=1S/C17H24ClNO4/c1-13-4-5-15(22-2)8-14(13)10-19(16(20)9-18)11-17(21)6-3-7-23-12-17/h4-5,8,21H,3,6-7,9-12H2,1-2H3. The summed E-state index contributed by atoms with van der Waals surface area (Å²) >= 11 is 5.75. The second-order valence-electron chi connectivity index (χ2n) is 6.06. The summed E-state index contributed by atoms with van der Waals surface area (Å²) in [5, 5.41) is 10.6. The van der Waals surface area contributed by atoms with Gasteiger partial charge in [-0.05, 0) is 43.0 Å². The lowest BCUT2D eigenvalue weighted by molar-refractivity contribution is -0.139. The van der Waals surface area contributed by atoms with Crippen LogP contribution in [0.3, 0.4) is 0 Å². The summed E-state index contributed by atoms with van der Waals surface area (Å²) in [5.41, 5.74) is 1.03. The summed E-state index contributed by atoms with van der Waals surface area (Å²) in [6.07, 6.45) is 1.41. The lowest BCUT2D eigenvalue weighted by Crippen LogP contribution is -2.50. The Bertz CT molecular complexity index is 543. The van der Waals surface area contributed by atoms with Gasteiger partial charge in [0.25, 0.3) is 0 Å². The van der Waals surface area contributed by atoms with Crippen molar-refractivity contribution < 1.29 is 19.4 Å². The summed E-state index contributed by atoms with van der Waals surface area (Å²) in [5.74, 6) is 0.427. The quantitative estimate of drug-likeness (QED) is 0.805. The van der Waals surface area contributed by atoms with Crippen LogP contribution in [0.15, 0.2) is 18.2 Å². The maximum absolute atomic E-state index is 12.2. The number of rotatable bonds is 6. The fourth-order valence-electron chi connectivity index (χ4n) is 2.79. The van der Waals surface area contributed by atoms with Crippen LogP contribution < -0.4 is 4.74 Å². The average molecular weight is 342 g/mol. The van der Waals surface area contributed by atoms with E-state index in [1.807, 2.05) is 25.1 Å². The summed E-state index contributed by atoms with van der Waals surface area (Å²) in [4.78, 5) is 13.8. The van der Waals surface area contributed by atoms with Crippen molar-refractivity contribution in [1.29, 1.82) is 0 Å². The van der Waals surface area contributed by atoms with Crippen molar-refractivity contribution in [2.45, 2.75) is 31.9 Å². The summed E-state index contributed by atoms with van der Waals surface area (Å²) in [6.45, 7) is 3.49. The van der Waals surface area contributed by atoms with E-state index in [1.54, 1.807) is 12.0 Å². The molecule has 1 N–H and O–H groups in total. The molecule has 23 heavy (non-hydrogen) atoms. The molecule has 1 aromatic rings. The molecule has 1 aromatic carbocycles. The molecule has 1 fully saturated rings. The molecule has 128 valence electrons. The first kappa shape index (κ1) is 18.0. The van der Waals surface area contributed by atoms with E-state index < -0.39 is 5.60 Å². The fraction of sp³-hybridized carbons (Fsp3) is 0.588. The maximum atomic E-state index is 12.2. The van der Waals surface area contributed by atoms with Gasteiger partial charge in [0.1, 0.15) is 17.2 Å². The topological polar surface area (TPSA) is 59.0 Å². The number of halogens is 1. The third kappa shape index (κ3) is 4.83. The number of benzene rings is 1. The lowest BCUT2D eigenvalue weighted by Gasteiger charge is -2.36. The predicted octanol–water partition coefficient (Wildman–Crippen LogP) is 2.11. The van der Waals surface area contributed by atoms with Crippen molar-refractivity contribution in [2.24, 2.45) is 0 Å². The number of hydrogen-bond acceptors (Lipinski definition) is 4. The molecular formula is C17H24ClNO4. The maximum Gasteiger partial charge on any atom is 0.237 e. The van der Waals surface area contributed by atoms with Gasteiger partial charge in [-0.25, -0.2) is 0 Å². The first-order chi connectivity index (χ1) is 11.0. The van der Waals surface area contributed by atoms with Crippen LogP contribution in [0.2, 0.25) is 0 Å². The fourth-order valence-corrected chi connectivity index (χ4v) is 2.95. The molecule has 1 aliphatic rings. The van der Waals surface area contributed by atoms with E-state index in [0.717, 1.165) is 23.3 Å². The van der Waals surface area contributed by atoms with Crippen molar-refractivity contribution in [2.75, 3.05) is 32.7 Å². The molecule has 2 rings (SSSR count). The van der Waals surface area contributed by atoms with E-state index in [9.17, 15) is 9.90 Å². The number of aliphatic hydroxyl groups is 1. The zero-order chi connectivity index (χ0) is 16.9. The Morgan fingerprint density at radius 2 is 2.30 bits per heavy atom. The second kappa shape index (κ2) is 7.99. The van der Waals surface area contributed by atoms with E-state index in [4.69, 9.17) is 21.1 Å². The first-order valence-electron chi connectivity index (χ1n) is 7.75. The number of ether oxygens (including phenoxy) is 2. The van der Waals surface area contributed by atoms with Gasteiger partial charge in [-0.1, -0.05) is 6.07 Å². The van der Waals surface area contributed by atoms with Gasteiger partial charge in [0.05, 0.1) is 20.3 Å². The highest BCUT2D eigenvalue weighted by Crippen LogP contribution is 2.23. The highest BCUT2D eigenvalue weighted by molar-refractivity contribution is 6.27. The van der Waals surface area contributed by atoms with Crippen molar-refractivity contribution in [3.8, 4) is 5.75 Å². The van der Waals surface area contributed by atoms with E-state index in [1.165, 1.54) is 0 Å². The summed E-state index contributed by atoms with van der Waals surface area (Å²) in [6, 6.07) is 5.75. The molecule has 0 bridgehead atoms. The molecule has 1 heterocycles. The van der Waals surface area contributed by atoms with Crippen LogP contribution in [-0.2, 0) is 16.1 Å². The van der Waals surface area contributed by atoms with Crippen molar-refractivity contribution in [3.63, 3.8) is 0 Å². The third-order valence-corrected chi connectivity index (χ3v) is 4.40. The Hall–Kier alpha value is -1.30. The van der Waals surface area contributed by atoms with Crippen LogP contribution in [0.1, 0.15) is 24.0 Å². The Morgan fingerprint density at radius 1 is 1.52 bits per heavy atom. The molecular weight excluding hydrogens is 318 g/mol. The van der Waals surface area contributed by atoms with Crippen molar-refractivity contribution in [3.05, 3.63) is 29.3 Å². The first-order valence-corrected chi connectivity index (χ1v) is 8.28. The number of carbonyl (C=O) groups excluding carboxylic acids is 1. The average Bonchev–Trinajstić information content (AvgIpc) is 2.55. The normalized spacial score (nSPS) is 21.0. The summed E-state index contributed by atoms with van der Waals surface area (Å²) < 4.78 is 10.6. The van der Waals surface area contributed by atoms with Crippen LogP contribution in [0, 0.1) is 6.92 Å². The SMILES string of the molecule is COc1ccc(C)c(CN(CC2(O)CCCOC2)C(=O)CCl)c1. The number of methoxy groups -OCH3 is 1. The van der Waals surface area contributed by atoms with E-state index in [-0.39, 0.29) is 24.9 Å². The Kier molecular flexibility index (Phi) is 6.27. The van der Waals surface area contributed by atoms with Crippen LogP contribution in [-0.4, -0.2) is 54.3 Å². The monoisotopic (exact) mass is 341 g/mol. The second-order valence-corrected chi connectivity index (χ2v) is 6.32. The number of amides is 1. The largest absolute Gasteiger partial charge is 0.497 e. The molecule has 0 saturated carbocycles. The van der Waals surface area contributed by atoms with Gasteiger partial charge in [0, 0.05) is 13.2 Å². The van der Waals surface area contributed by atoms with Gasteiger partial charge in [-0.3, -0.25) is 4.79 Å².